The van der Waals surface area contributed by atoms with E-state index >= 15 is 0 Å². The fraction of sp³-hybridized carbons (Fsp3) is 0.167. The molecule has 5 heteroatoms. The lowest BCUT2D eigenvalue weighted by atomic mass is 10.1. The van der Waals surface area contributed by atoms with Crippen molar-refractivity contribution in [2.24, 2.45) is 7.05 Å². The average Bonchev–Trinajstić information content (AvgIpc) is 3.21. The molecule has 4 aromatic rings. The standard InChI is InChI=1S/C18H17N5/c1-22-13-14(11-21-22)6-9-23-10-8-20-18(23)17-4-2-3-15-12-19-7-5-16(15)17/h2-5,7-8,10-13H,6,9H2,1H3. The van der Waals surface area contributed by atoms with Crippen molar-refractivity contribution in [2.45, 2.75) is 13.0 Å². The minimum absolute atomic E-state index is 0.877. The fourth-order valence-electron chi connectivity index (χ4n) is 2.90. The van der Waals surface area contributed by atoms with Crippen LogP contribution < -0.4 is 0 Å². The summed E-state index contributed by atoms with van der Waals surface area (Å²) in [6.07, 6.45) is 12.5. The second-order valence-electron chi connectivity index (χ2n) is 5.62. The number of imidazole rings is 1. The predicted octanol–water partition coefficient (Wildman–Crippen LogP) is 3.07. The molecule has 0 atom stereocenters. The molecule has 23 heavy (non-hydrogen) atoms. The number of pyridine rings is 1. The average molecular weight is 303 g/mol. The highest BCUT2D eigenvalue weighted by atomic mass is 15.2. The maximum absolute atomic E-state index is 4.58. The molecule has 3 aromatic heterocycles. The van der Waals surface area contributed by atoms with Gasteiger partial charge in [-0.05, 0) is 23.4 Å². The Kier molecular flexibility index (Phi) is 3.38. The van der Waals surface area contributed by atoms with E-state index in [4.69, 9.17) is 0 Å². The smallest absolute Gasteiger partial charge is 0.140 e. The Morgan fingerprint density at radius 2 is 2.04 bits per heavy atom. The van der Waals surface area contributed by atoms with E-state index in [9.17, 15) is 0 Å². The summed E-state index contributed by atoms with van der Waals surface area (Å²) in [6.45, 7) is 0.877. The van der Waals surface area contributed by atoms with Crippen LogP contribution >= 0.6 is 0 Å². The number of hydrogen-bond acceptors (Lipinski definition) is 3. The quantitative estimate of drug-likeness (QED) is 0.582. The number of aryl methyl sites for hydroxylation is 3. The number of rotatable bonds is 4. The van der Waals surface area contributed by atoms with E-state index in [0.29, 0.717) is 0 Å². The molecular weight excluding hydrogens is 286 g/mol. The molecule has 0 N–H and O–H groups in total. The van der Waals surface area contributed by atoms with Gasteiger partial charge in [0.2, 0.25) is 0 Å². The van der Waals surface area contributed by atoms with Crippen LogP contribution in [0.2, 0.25) is 0 Å². The van der Waals surface area contributed by atoms with Gasteiger partial charge >= 0.3 is 0 Å². The van der Waals surface area contributed by atoms with Crippen molar-refractivity contribution in [1.29, 1.82) is 0 Å². The molecule has 0 unspecified atom stereocenters. The third-order valence-electron chi connectivity index (χ3n) is 4.04. The van der Waals surface area contributed by atoms with Crippen molar-refractivity contribution in [3.05, 3.63) is 67.0 Å². The van der Waals surface area contributed by atoms with Crippen LogP contribution in [0.4, 0.5) is 0 Å². The number of fused-ring (bicyclic) bond motifs is 1. The third-order valence-corrected chi connectivity index (χ3v) is 4.04. The number of hydrogen-bond donors (Lipinski definition) is 0. The summed E-state index contributed by atoms with van der Waals surface area (Å²) >= 11 is 0. The SMILES string of the molecule is Cn1cc(CCn2ccnc2-c2cccc3cnccc23)cn1. The van der Waals surface area contributed by atoms with E-state index in [1.54, 1.807) is 0 Å². The first-order valence-electron chi connectivity index (χ1n) is 7.63. The van der Waals surface area contributed by atoms with Gasteiger partial charge in [0.1, 0.15) is 5.82 Å². The van der Waals surface area contributed by atoms with E-state index in [-0.39, 0.29) is 0 Å². The lowest BCUT2D eigenvalue weighted by Crippen LogP contribution is -2.02. The van der Waals surface area contributed by atoms with Crippen LogP contribution in [-0.4, -0.2) is 24.3 Å². The summed E-state index contributed by atoms with van der Waals surface area (Å²) in [6, 6.07) is 8.30. The second-order valence-corrected chi connectivity index (χ2v) is 5.62. The van der Waals surface area contributed by atoms with Crippen molar-refractivity contribution in [3.8, 4) is 11.4 Å². The summed E-state index contributed by atoms with van der Waals surface area (Å²) < 4.78 is 4.03. The molecule has 0 aliphatic rings. The summed E-state index contributed by atoms with van der Waals surface area (Å²) in [5.41, 5.74) is 2.37. The predicted molar refractivity (Wildman–Crippen MR) is 89.9 cm³/mol. The summed E-state index contributed by atoms with van der Waals surface area (Å²) in [5.74, 6) is 0.991. The molecule has 0 aliphatic carbocycles. The van der Waals surface area contributed by atoms with Crippen molar-refractivity contribution in [3.63, 3.8) is 0 Å². The van der Waals surface area contributed by atoms with Crippen LogP contribution in [-0.2, 0) is 20.0 Å². The zero-order valence-corrected chi connectivity index (χ0v) is 12.9. The Morgan fingerprint density at radius 3 is 2.91 bits per heavy atom. The monoisotopic (exact) mass is 303 g/mol. The highest BCUT2D eigenvalue weighted by Gasteiger charge is 2.10. The van der Waals surface area contributed by atoms with Crippen LogP contribution in [0, 0.1) is 0 Å². The van der Waals surface area contributed by atoms with Gasteiger partial charge in [-0.25, -0.2) is 4.98 Å². The van der Waals surface area contributed by atoms with Crippen molar-refractivity contribution in [1.82, 2.24) is 24.3 Å². The van der Waals surface area contributed by atoms with Gasteiger partial charge < -0.3 is 4.57 Å². The van der Waals surface area contributed by atoms with Gasteiger partial charge in [-0.2, -0.15) is 5.10 Å². The molecule has 0 aliphatic heterocycles. The molecule has 0 spiro atoms. The van der Waals surface area contributed by atoms with Crippen molar-refractivity contribution >= 4 is 10.8 Å². The Balaban J connectivity index is 1.68. The van der Waals surface area contributed by atoms with Crippen LogP contribution in [0.1, 0.15) is 5.56 Å². The minimum atomic E-state index is 0.877. The van der Waals surface area contributed by atoms with Gasteiger partial charge in [0.15, 0.2) is 0 Å². The lowest BCUT2D eigenvalue weighted by molar-refractivity contribution is 0.702. The molecule has 1 aromatic carbocycles. The zero-order chi connectivity index (χ0) is 15.6. The fourth-order valence-corrected chi connectivity index (χ4v) is 2.90. The van der Waals surface area contributed by atoms with Crippen molar-refractivity contribution in [2.75, 3.05) is 0 Å². The van der Waals surface area contributed by atoms with Gasteiger partial charge in [-0.15, -0.1) is 0 Å². The highest BCUT2D eigenvalue weighted by molar-refractivity contribution is 5.94. The molecule has 0 radical (unpaired) electrons. The third kappa shape index (κ3) is 2.61. The largest absolute Gasteiger partial charge is 0.331 e. The van der Waals surface area contributed by atoms with Gasteiger partial charge in [-0.3, -0.25) is 9.67 Å². The summed E-state index contributed by atoms with van der Waals surface area (Å²) in [5, 5.41) is 6.53. The van der Waals surface area contributed by atoms with Crippen LogP contribution in [0.3, 0.4) is 0 Å². The van der Waals surface area contributed by atoms with E-state index in [0.717, 1.165) is 29.7 Å². The van der Waals surface area contributed by atoms with Gasteiger partial charge in [0, 0.05) is 55.5 Å². The molecule has 0 saturated heterocycles. The Morgan fingerprint density at radius 1 is 1.09 bits per heavy atom. The van der Waals surface area contributed by atoms with Crippen LogP contribution in [0.15, 0.2) is 61.4 Å². The molecule has 0 saturated carbocycles. The number of aromatic nitrogens is 5. The van der Waals surface area contributed by atoms with Crippen molar-refractivity contribution < 1.29 is 0 Å². The van der Waals surface area contributed by atoms with E-state index < -0.39 is 0 Å². The van der Waals surface area contributed by atoms with E-state index in [1.165, 1.54) is 10.9 Å². The zero-order valence-electron chi connectivity index (χ0n) is 12.9. The summed E-state index contributed by atoms with van der Waals surface area (Å²) in [7, 11) is 1.94. The first-order valence-corrected chi connectivity index (χ1v) is 7.63. The second kappa shape index (κ2) is 5.68. The van der Waals surface area contributed by atoms with E-state index in [2.05, 4.69) is 44.0 Å². The topological polar surface area (TPSA) is 48.5 Å². The maximum Gasteiger partial charge on any atom is 0.140 e. The molecule has 0 fully saturated rings. The van der Waals surface area contributed by atoms with Gasteiger partial charge in [-0.1, -0.05) is 18.2 Å². The number of nitrogens with zero attached hydrogens (tertiary/aromatic N) is 5. The minimum Gasteiger partial charge on any atom is -0.331 e. The van der Waals surface area contributed by atoms with Gasteiger partial charge in [0.05, 0.1) is 6.20 Å². The normalized spacial score (nSPS) is 11.2. The van der Waals surface area contributed by atoms with Crippen LogP contribution in [0.5, 0.6) is 0 Å². The molecular formula is C18H17N5. The maximum atomic E-state index is 4.58. The van der Waals surface area contributed by atoms with Gasteiger partial charge in [0.25, 0.3) is 0 Å². The molecule has 4 rings (SSSR count). The van der Waals surface area contributed by atoms with E-state index in [1.807, 2.05) is 48.8 Å². The molecule has 114 valence electrons. The molecule has 5 nitrogen and oxygen atoms in total. The Hall–Kier alpha value is -2.95. The highest BCUT2D eigenvalue weighted by Crippen LogP contribution is 2.27. The first kappa shape index (κ1) is 13.7. The molecule has 0 amide bonds. The first-order chi connectivity index (χ1) is 11.3. The Labute approximate surface area is 134 Å². The number of benzene rings is 1. The lowest BCUT2D eigenvalue weighted by Gasteiger charge is -2.09. The Bertz CT molecular complexity index is 945. The molecule has 3 heterocycles. The molecule has 0 bridgehead atoms. The van der Waals surface area contributed by atoms with Crippen LogP contribution in [0.25, 0.3) is 22.2 Å². The summed E-state index contributed by atoms with van der Waals surface area (Å²) in [4.78, 5) is 8.78.